The first-order chi connectivity index (χ1) is 7.04. The molecule has 0 spiro atoms. The Hall–Kier alpha value is -0.610. The molecule has 0 aromatic carbocycles. The van der Waals surface area contributed by atoms with E-state index in [-0.39, 0.29) is 12.5 Å². The van der Waals surface area contributed by atoms with Crippen LogP contribution in [0.1, 0.15) is 26.7 Å². The highest BCUT2D eigenvalue weighted by Crippen LogP contribution is 2.24. The molecule has 3 atom stereocenters. The van der Waals surface area contributed by atoms with Gasteiger partial charge in [0.05, 0.1) is 6.42 Å². The van der Waals surface area contributed by atoms with Crippen molar-refractivity contribution in [2.45, 2.75) is 32.7 Å². The lowest BCUT2D eigenvalue weighted by molar-refractivity contribution is -0.138. The largest absolute Gasteiger partial charge is 0.481 e. The molecule has 1 aliphatic heterocycles. The van der Waals surface area contributed by atoms with Gasteiger partial charge in [-0.15, -0.1) is 0 Å². The second-order valence-electron chi connectivity index (χ2n) is 4.70. The fourth-order valence-electron chi connectivity index (χ4n) is 2.27. The van der Waals surface area contributed by atoms with Gasteiger partial charge >= 0.3 is 5.97 Å². The Morgan fingerprint density at radius 1 is 1.67 bits per heavy atom. The van der Waals surface area contributed by atoms with Crippen molar-refractivity contribution in [3.05, 3.63) is 0 Å². The van der Waals surface area contributed by atoms with Crippen LogP contribution in [0.15, 0.2) is 0 Å². The van der Waals surface area contributed by atoms with Crippen LogP contribution in [0.2, 0.25) is 0 Å². The molecule has 88 valence electrons. The third-order valence-electron chi connectivity index (χ3n) is 3.54. The minimum atomic E-state index is -0.717. The Morgan fingerprint density at radius 2 is 2.33 bits per heavy atom. The molecule has 0 radical (unpaired) electrons. The summed E-state index contributed by atoms with van der Waals surface area (Å²) in [6.45, 7) is 6.88. The molecule has 3 unspecified atom stereocenters. The molecule has 1 rings (SSSR count). The van der Waals surface area contributed by atoms with E-state index in [9.17, 15) is 4.79 Å². The van der Waals surface area contributed by atoms with Crippen LogP contribution in [0.4, 0.5) is 0 Å². The lowest BCUT2D eigenvalue weighted by Crippen LogP contribution is -2.47. The third kappa shape index (κ3) is 3.47. The minimum absolute atomic E-state index is 0.129. The van der Waals surface area contributed by atoms with Gasteiger partial charge in [0, 0.05) is 12.6 Å². The van der Waals surface area contributed by atoms with Crippen LogP contribution >= 0.6 is 0 Å². The molecule has 3 N–H and O–H groups in total. The summed E-state index contributed by atoms with van der Waals surface area (Å²) in [5, 5.41) is 8.74. The number of carbonyl (C=O) groups is 1. The van der Waals surface area contributed by atoms with Crippen molar-refractivity contribution in [3.8, 4) is 0 Å². The maximum Gasteiger partial charge on any atom is 0.304 e. The predicted molar refractivity (Wildman–Crippen MR) is 59.6 cm³/mol. The Morgan fingerprint density at radius 3 is 2.87 bits per heavy atom. The Labute approximate surface area is 91.4 Å². The van der Waals surface area contributed by atoms with Gasteiger partial charge in [-0.2, -0.15) is 0 Å². The van der Waals surface area contributed by atoms with Crippen molar-refractivity contribution in [3.63, 3.8) is 0 Å². The maximum atomic E-state index is 10.6. The van der Waals surface area contributed by atoms with Crippen LogP contribution in [0, 0.1) is 11.8 Å². The van der Waals surface area contributed by atoms with E-state index in [0.717, 1.165) is 19.5 Å². The number of likely N-dealkylation sites (tertiary alicyclic amines) is 1. The summed E-state index contributed by atoms with van der Waals surface area (Å²) >= 11 is 0. The van der Waals surface area contributed by atoms with Crippen molar-refractivity contribution >= 4 is 5.97 Å². The van der Waals surface area contributed by atoms with E-state index < -0.39 is 5.97 Å². The number of nitrogens with two attached hydrogens (primary N) is 1. The molecule has 0 amide bonds. The van der Waals surface area contributed by atoms with Crippen molar-refractivity contribution in [2.24, 2.45) is 17.6 Å². The number of nitrogens with zero attached hydrogens (tertiary/aromatic N) is 1. The van der Waals surface area contributed by atoms with Gasteiger partial charge in [0.15, 0.2) is 0 Å². The summed E-state index contributed by atoms with van der Waals surface area (Å²) in [7, 11) is 0. The molecule has 1 aliphatic rings. The van der Waals surface area contributed by atoms with Crippen LogP contribution < -0.4 is 5.73 Å². The molecule has 0 aromatic heterocycles. The van der Waals surface area contributed by atoms with Gasteiger partial charge in [0.25, 0.3) is 0 Å². The Balaban J connectivity index is 2.46. The number of carboxylic acid groups (broad SMARTS) is 1. The maximum absolute atomic E-state index is 10.6. The lowest BCUT2D eigenvalue weighted by atomic mass is 9.86. The van der Waals surface area contributed by atoms with Gasteiger partial charge in [-0.05, 0) is 38.3 Å². The number of hydrogen-bond acceptors (Lipinski definition) is 3. The molecule has 1 fully saturated rings. The predicted octanol–water partition coefficient (Wildman–Crippen LogP) is 0.766. The number of rotatable bonds is 4. The number of aliphatic carboxylic acids is 1. The highest BCUT2D eigenvalue weighted by atomic mass is 16.4. The van der Waals surface area contributed by atoms with Crippen LogP contribution in [0.3, 0.4) is 0 Å². The number of hydrogen-bond donors (Lipinski definition) is 2. The minimum Gasteiger partial charge on any atom is -0.481 e. The van der Waals surface area contributed by atoms with E-state index in [4.69, 9.17) is 10.8 Å². The first-order valence-corrected chi connectivity index (χ1v) is 5.70. The summed E-state index contributed by atoms with van der Waals surface area (Å²) in [6, 6.07) is 0.129. The zero-order chi connectivity index (χ0) is 11.4. The van der Waals surface area contributed by atoms with Gasteiger partial charge in [-0.25, -0.2) is 0 Å². The first kappa shape index (κ1) is 12.5. The van der Waals surface area contributed by atoms with Crippen molar-refractivity contribution < 1.29 is 9.90 Å². The van der Waals surface area contributed by atoms with Crippen molar-refractivity contribution in [2.75, 3.05) is 19.6 Å². The van der Waals surface area contributed by atoms with Gasteiger partial charge in [-0.3, -0.25) is 9.69 Å². The first-order valence-electron chi connectivity index (χ1n) is 5.70. The van der Waals surface area contributed by atoms with Gasteiger partial charge in [-0.1, -0.05) is 6.92 Å². The van der Waals surface area contributed by atoms with Gasteiger partial charge in [0.2, 0.25) is 0 Å². The summed E-state index contributed by atoms with van der Waals surface area (Å²) in [5.41, 5.74) is 5.71. The molecule has 4 nitrogen and oxygen atoms in total. The van der Waals surface area contributed by atoms with E-state index in [2.05, 4.69) is 11.8 Å². The Kier molecular flexibility index (Phi) is 4.54. The molecule has 0 bridgehead atoms. The van der Waals surface area contributed by atoms with Crippen LogP contribution in [0.5, 0.6) is 0 Å². The molecule has 4 heteroatoms. The van der Waals surface area contributed by atoms with E-state index in [1.54, 1.807) is 0 Å². The lowest BCUT2D eigenvalue weighted by Gasteiger charge is -2.39. The quantitative estimate of drug-likeness (QED) is 0.725. The molecular weight excluding hydrogens is 192 g/mol. The summed E-state index contributed by atoms with van der Waals surface area (Å²) in [6.07, 6.45) is 1.36. The van der Waals surface area contributed by atoms with E-state index in [1.165, 1.54) is 0 Å². The Bertz CT molecular complexity index is 221. The summed E-state index contributed by atoms with van der Waals surface area (Å²) in [5.74, 6) is 0.476. The molecule has 1 saturated heterocycles. The van der Waals surface area contributed by atoms with Crippen molar-refractivity contribution in [1.29, 1.82) is 0 Å². The number of carboxylic acids is 1. The van der Waals surface area contributed by atoms with Crippen molar-refractivity contribution in [1.82, 2.24) is 4.90 Å². The van der Waals surface area contributed by atoms with Gasteiger partial charge in [0.1, 0.15) is 0 Å². The van der Waals surface area contributed by atoms with E-state index in [1.807, 2.05) is 6.92 Å². The fourth-order valence-corrected chi connectivity index (χ4v) is 2.27. The fraction of sp³-hybridized carbons (Fsp3) is 0.909. The molecule has 1 heterocycles. The zero-order valence-electron chi connectivity index (χ0n) is 9.65. The molecular formula is C11H22N2O2. The monoisotopic (exact) mass is 214 g/mol. The molecule has 0 aliphatic carbocycles. The average molecular weight is 214 g/mol. The summed E-state index contributed by atoms with van der Waals surface area (Å²) in [4.78, 5) is 12.9. The highest BCUT2D eigenvalue weighted by Gasteiger charge is 2.28. The van der Waals surface area contributed by atoms with E-state index in [0.29, 0.717) is 18.4 Å². The van der Waals surface area contributed by atoms with Gasteiger partial charge < -0.3 is 10.8 Å². The molecule has 0 aromatic rings. The topological polar surface area (TPSA) is 66.6 Å². The average Bonchev–Trinajstić information content (AvgIpc) is 2.17. The zero-order valence-corrected chi connectivity index (χ0v) is 9.65. The second kappa shape index (κ2) is 5.47. The molecule has 15 heavy (non-hydrogen) atoms. The van der Waals surface area contributed by atoms with Crippen LogP contribution in [-0.2, 0) is 4.79 Å². The molecule has 0 saturated carbocycles. The SMILES string of the molecule is CC1CCN(C(C)CC(=O)O)CC1CN. The van der Waals surface area contributed by atoms with Crippen LogP contribution in [0.25, 0.3) is 0 Å². The standard InChI is InChI=1S/C11H22N2O2/c1-8-3-4-13(7-10(8)6-12)9(2)5-11(14)15/h8-10H,3-7,12H2,1-2H3,(H,14,15). The summed E-state index contributed by atoms with van der Waals surface area (Å²) < 4.78 is 0. The third-order valence-corrected chi connectivity index (χ3v) is 3.54. The van der Waals surface area contributed by atoms with E-state index >= 15 is 0 Å². The normalized spacial score (nSPS) is 30.1. The second-order valence-corrected chi connectivity index (χ2v) is 4.70. The smallest absolute Gasteiger partial charge is 0.304 e. The number of piperidine rings is 1. The van der Waals surface area contributed by atoms with Crippen LogP contribution in [-0.4, -0.2) is 41.7 Å². The highest BCUT2D eigenvalue weighted by molar-refractivity contribution is 5.67.